The summed E-state index contributed by atoms with van der Waals surface area (Å²) in [6.45, 7) is 0.291. The van der Waals surface area contributed by atoms with Gasteiger partial charge >= 0.3 is 0 Å². The SMILES string of the molecule is COc1ccc(OC)c(/C=N/OCc2ccc(Cl)c(Cl)c2)c1. The third-order valence-corrected chi connectivity index (χ3v) is 3.66. The second kappa shape index (κ2) is 7.92. The van der Waals surface area contributed by atoms with Crippen molar-refractivity contribution in [3.63, 3.8) is 0 Å². The van der Waals surface area contributed by atoms with Crippen LogP contribution in [0.3, 0.4) is 0 Å². The zero-order valence-electron chi connectivity index (χ0n) is 12.2. The molecule has 2 aromatic carbocycles. The Morgan fingerprint density at radius 2 is 1.82 bits per heavy atom. The molecular weight excluding hydrogens is 325 g/mol. The highest BCUT2D eigenvalue weighted by atomic mass is 35.5. The van der Waals surface area contributed by atoms with Crippen LogP contribution in [0.15, 0.2) is 41.6 Å². The smallest absolute Gasteiger partial charge is 0.142 e. The van der Waals surface area contributed by atoms with Gasteiger partial charge in [0, 0.05) is 5.56 Å². The number of oxime groups is 1. The molecule has 0 fully saturated rings. The summed E-state index contributed by atoms with van der Waals surface area (Å²) >= 11 is 11.8. The van der Waals surface area contributed by atoms with Gasteiger partial charge in [-0.25, -0.2) is 0 Å². The lowest BCUT2D eigenvalue weighted by molar-refractivity contribution is 0.132. The normalized spacial score (nSPS) is 10.7. The molecule has 0 heterocycles. The van der Waals surface area contributed by atoms with Crippen LogP contribution in [0.4, 0.5) is 0 Å². The van der Waals surface area contributed by atoms with Gasteiger partial charge in [0.25, 0.3) is 0 Å². The summed E-state index contributed by atoms with van der Waals surface area (Å²) in [6.07, 6.45) is 1.57. The molecule has 6 heteroatoms. The van der Waals surface area contributed by atoms with E-state index in [9.17, 15) is 0 Å². The van der Waals surface area contributed by atoms with E-state index in [-0.39, 0.29) is 0 Å². The van der Waals surface area contributed by atoms with Gasteiger partial charge in [-0.15, -0.1) is 0 Å². The molecule has 2 rings (SSSR count). The Labute approximate surface area is 139 Å². The zero-order valence-corrected chi connectivity index (χ0v) is 13.7. The van der Waals surface area contributed by atoms with Crippen molar-refractivity contribution in [2.24, 2.45) is 5.16 Å². The summed E-state index contributed by atoms with van der Waals surface area (Å²) < 4.78 is 10.4. The van der Waals surface area contributed by atoms with E-state index < -0.39 is 0 Å². The van der Waals surface area contributed by atoms with Crippen molar-refractivity contribution in [2.45, 2.75) is 6.61 Å². The fraction of sp³-hybridized carbons (Fsp3) is 0.188. The minimum Gasteiger partial charge on any atom is -0.497 e. The molecule has 0 aromatic heterocycles. The molecule has 0 saturated carbocycles. The number of hydrogen-bond acceptors (Lipinski definition) is 4. The van der Waals surface area contributed by atoms with Gasteiger partial charge in [0.1, 0.15) is 18.1 Å². The Bertz CT molecular complexity index is 674. The second-order valence-corrected chi connectivity index (χ2v) is 5.18. The van der Waals surface area contributed by atoms with Crippen molar-refractivity contribution in [3.05, 3.63) is 57.6 Å². The molecule has 0 aliphatic rings. The monoisotopic (exact) mass is 339 g/mol. The Morgan fingerprint density at radius 1 is 1.00 bits per heavy atom. The first-order chi connectivity index (χ1) is 10.6. The fourth-order valence-electron chi connectivity index (χ4n) is 1.78. The molecule has 0 aliphatic carbocycles. The third kappa shape index (κ3) is 4.29. The van der Waals surface area contributed by atoms with E-state index in [1.807, 2.05) is 18.2 Å². The molecule has 116 valence electrons. The summed E-state index contributed by atoms with van der Waals surface area (Å²) in [7, 11) is 3.19. The van der Waals surface area contributed by atoms with Crippen LogP contribution in [0, 0.1) is 0 Å². The van der Waals surface area contributed by atoms with Crippen molar-refractivity contribution in [1.29, 1.82) is 0 Å². The van der Waals surface area contributed by atoms with Gasteiger partial charge in [0.2, 0.25) is 0 Å². The molecule has 0 radical (unpaired) electrons. The largest absolute Gasteiger partial charge is 0.497 e. The van der Waals surface area contributed by atoms with Gasteiger partial charge in [0.15, 0.2) is 0 Å². The van der Waals surface area contributed by atoms with Crippen LogP contribution in [-0.2, 0) is 11.4 Å². The highest BCUT2D eigenvalue weighted by Gasteiger charge is 2.03. The van der Waals surface area contributed by atoms with E-state index >= 15 is 0 Å². The molecule has 0 unspecified atom stereocenters. The number of rotatable bonds is 6. The maximum Gasteiger partial charge on any atom is 0.142 e. The molecule has 2 aromatic rings. The van der Waals surface area contributed by atoms with Gasteiger partial charge in [-0.2, -0.15) is 0 Å². The van der Waals surface area contributed by atoms with Crippen molar-refractivity contribution in [3.8, 4) is 11.5 Å². The van der Waals surface area contributed by atoms with Gasteiger partial charge in [-0.05, 0) is 35.9 Å². The minimum absolute atomic E-state index is 0.291. The second-order valence-electron chi connectivity index (χ2n) is 4.36. The van der Waals surface area contributed by atoms with Crippen LogP contribution in [0.25, 0.3) is 0 Å². The van der Waals surface area contributed by atoms with Crippen molar-refractivity contribution < 1.29 is 14.3 Å². The van der Waals surface area contributed by atoms with E-state index in [0.29, 0.717) is 28.2 Å². The molecule has 4 nitrogen and oxygen atoms in total. The van der Waals surface area contributed by atoms with E-state index in [0.717, 1.165) is 11.1 Å². The molecular formula is C16H15Cl2NO3. The maximum atomic E-state index is 5.94. The van der Waals surface area contributed by atoms with Crippen LogP contribution in [0.5, 0.6) is 11.5 Å². The topological polar surface area (TPSA) is 40.0 Å². The molecule has 0 spiro atoms. The standard InChI is InChI=1S/C16H15Cl2NO3/c1-20-13-4-6-16(21-2)12(8-13)9-19-22-10-11-3-5-14(17)15(18)7-11/h3-9H,10H2,1-2H3/b19-9+. The zero-order chi connectivity index (χ0) is 15.9. The van der Waals surface area contributed by atoms with Gasteiger partial charge in [0.05, 0.1) is 30.5 Å². The molecule has 0 amide bonds. The van der Waals surface area contributed by atoms with Crippen molar-refractivity contribution in [1.82, 2.24) is 0 Å². The molecule has 0 bridgehead atoms. The fourth-order valence-corrected chi connectivity index (χ4v) is 2.10. The lowest BCUT2D eigenvalue weighted by Crippen LogP contribution is -1.94. The van der Waals surface area contributed by atoms with Gasteiger partial charge in [-0.3, -0.25) is 0 Å². The predicted octanol–water partition coefficient (Wildman–Crippen LogP) is 4.56. The molecule has 0 saturated heterocycles. The van der Waals surface area contributed by atoms with E-state index in [2.05, 4.69) is 5.16 Å². The number of ether oxygens (including phenoxy) is 2. The average molecular weight is 340 g/mol. The summed E-state index contributed by atoms with van der Waals surface area (Å²) in [4.78, 5) is 5.26. The maximum absolute atomic E-state index is 5.94. The minimum atomic E-state index is 0.291. The number of nitrogens with zero attached hydrogens (tertiary/aromatic N) is 1. The Hall–Kier alpha value is -1.91. The molecule has 0 atom stereocenters. The Balaban J connectivity index is 2.01. The van der Waals surface area contributed by atoms with Crippen LogP contribution in [0.2, 0.25) is 10.0 Å². The molecule has 22 heavy (non-hydrogen) atoms. The highest BCUT2D eigenvalue weighted by molar-refractivity contribution is 6.42. The lowest BCUT2D eigenvalue weighted by Gasteiger charge is -2.06. The summed E-state index contributed by atoms with van der Waals surface area (Å²) in [5, 5.41) is 4.93. The molecule has 0 aliphatic heterocycles. The first-order valence-electron chi connectivity index (χ1n) is 6.45. The first-order valence-corrected chi connectivity index (χ1v) is 7.21. The Kier molecular flexibility index (Phi) is 5.92. The quantitative estimate of drug-likeness (QED) is 0.572. The van der Waals surface area contributed by atoms with Crippen LogP contribution >= 0.6 is 23.2 Å². The van der Waals surface area contributed by atoms with Crippen molar-refractivity contribution >= 4 is 29.4 Å². The average Bonchev–Trinajstić information content (AvgIpc) is 2.54. The first kappa shape index (κ1) is 16.5. The van der Waals surface area contributed by atoms with Crippen molar-refractivity contribution in [2.75, 3.05) is 14.2 Å². The lowest BCUT2D eigenvalue weighted by atomic mass is 10.2. The van der Waals surface area contributed by atoms with Gasteiger partial charge < -0.3 is 14.3 Å². The third-order valence-electron chi connectivity index (χ3n) is 2.92. The number of hydrogen-bond donors (Lipinski definition) is 0. The summed E-state index contributed by atoms with van der Waals surface area (Å²) in [6, 6.07) is 10.7. The number of benzene rings is 2. The van der Waals surface area contributed by atoms with Crippen LogP contribution < -0.4 is 9.47 Å². The number of methoxy groups -OCH3 is 2. The highest BCUT2D eigenvalue weighted by Crippen LogP contribution is 2.24. The van der Waals surface area contributed by atoms with Crippen LogP contribution in [-0.4, -0.2) is 20.4 Å². The number of halogens is 2. The summed E-state index contributed by atoms with van der Waals surface area (Å²) in [5.41, 5.74) is 1.64. The van der Waals surface area contributed by atoms with Gasteiger partial charge in [-0.1, -0.05) is 34.4 Å². The van der Waals surface area contributed by atoms with E-state index in [4.69, 9.17) is 37.5 Å². The van der Waals surface area contributed by atoms with E-state index in [1.165, 1.54) is 0 Å². The molecule has 0 N–H and O–H groups in total. The summed E-state index contributed by atoms with van der Waals surface area (Å²) in [5.74, 6) is 1.40. The Morgan fingerprint density at radius 3 is 2.50 bits per heavy atom. The van der Waals surface area contributed by atoms with Crippen LogP contribution in [0.1, 0.15) is 11.1 Å². The van der Waals surface area contributed by atoms with E-state index in [1.54, 1.807) is 38.6 Å². The predicted molar refractivity (Wildman–Crippen MR) is 88.4 cm³/mol.